The van der Waals surface area contributed by atoms with Crippen LogP contribution >= 0.6 is 15.9 Å². The molecule has 0 aliphatic carbocycles. The molecule has 1 unspecified atom stereocenters. The van der Waals surface area contributed by atoms with E-state index in [0.717, 1.165) is 15.7 Å². The normalized spacial score (nSPS) is 12.0. The summed E-state index contributed by atoms with van der Waals surface area (Å²) in [5.41, 5.74) is 1.95. The molecule has 0 radical (unpaired) electrons. The average Bonchev–Trinajstić information content (AvgIpc) is 2.43. The molecule has 2 aromatic carbocycles. The van der Waals surface area contributed by atoms with Gasteiger partial charge in [-0.1, -0.05) is 28.1 Å². The van der Waals surface area contributed by atoms with Crippen molar-refractivity contribution >= 4 is 21.6 Å². The maximum Gasteiger partial charge on any atom is 0.145 e. The summed E-state index contributed by atoms with van der Waals surface area (Å²) in [4.78, 5) is 0. The molecule has 0 saturated heterocycles. The van der Waals surface area contributed by atoms with Crippen LogP contribution in [0.4, 0.5) is 10.1 Å². The summed E-state index contributed by atoms with van der Waals surface area (Å²) >= 11 is 3.42. The summed E-state index contributed by atoms with van der Waals surface area (Å²) in [5, 5.41) is 3.35. The lowest BCUT2D eigenvalue weighted by molar-refractivity contribution is 0.339. The Labute approximate surface area is 127 Å². The van der Waals surface area contributed by atoms with Crippen LogP contribution < -0.4 is 10.1 Å². The summed E-state index contributed by atoms with van der Waals surface area (Å²) in [6.07, 6.45) is 0. The lowest BCUT2D eigenvalue weighted by Crippen LogP contribution is -2.08. The molecular formula is C16H17BrFNO. The fraction of sp³-hybridized carbons (Fsp3) is 0.250. The van der Waals surface area contributed by atoms with Gasteiger partial charge in [0, 0.05) is 16.6 Å². The van der Waals surface area contributed by atoms with Gasteiger partial charge in [-0.05, 0) is 43.7 Å². The van der Waals surface area contributed by atoms with Crippen molar-refractivity contribution in [3.8, 4) is 5.75 Å². The second kappa shape index (κ2) is 6.75. The number of halogens is 2. The van der Waals surface area contributed by atoms with Gasteiger partial charge in [0.15, 0.2) is 0 Å². The number of ether oxygens (including phenoxy) is 1. The van der Waals surface area contributed by atoms with Crippen molar-refractivity contribution in [2.75, 3.05) is 11.9 Å². The minimum atomic E-state index is -0.296. The third-order valence-corrected chi connectivity index (χ3v) is 3.51. The van der Waals surface area contributed by atoms with Crippen LogP contribution in [0.3, 0.4) is 0 Å². The highest BCUT2D eigenvalue weighted by atomic mass is 79.9. The van der Waals surface area contributed by atoms with Crippen LogP contribution in [-0.4, -0.2) is 6.61 Å². The topological polar surface area (TPSA) is 21.3 Å². The average molecular weight is 338 g/mol. The number of nitrogens with one attached hydrogen (secondary N) is 1. The van der Waals surface area contributed by atoms with Crippen LogP contribution in [0.1, 0.15) is 25.5 Å². The van der Waals surface area contributed by atoms with Gasteiger partial charge >= 0.3 is 0 Å². The molecule has 2 nitrogen and oxygen atoms in total. The van der Waals surface area contributed by atoms with Crippen molar-refractivity contribution in [1.29, 1.82) is 0 Å². The zero-order chi connectivity index (χ0) is 14.5. The fourth-order valence-corrected chi connectivity index (χ4v) is 2.22. The zero-order valence-electron chi connectivity index (χ0n) is 11.5. The molecule has 0 aliphatic heterocycles. The Bertz CT molecular complexity index is 571. The lowest BCUT2D eigenvalue weighted by Gasteiger charge is -2.18. The highest BCUT2D eigenvalue weighted by Gasteiger charge is 2.10. The van der Waals surface area contributed by atoms with E-state index in [2.05, 4.69) is 28.2 Å². The van der Waals surface area contributed by atoms with Crippen molar-refractivity contribution in [3.63, 3.8) is 0 Å². The van der Waals surface area contributed by atoms with E-state index in [1.165, 1.54) is 12.1 Å². The highest BCUT2D eigenvalue weighted by molar-refractivity contribution is 9.10. The predicted molar refractivity (Wildman–Crippen MR) is 83.7 cm³/mol. The quantitative estimate of drug-likeness (QED) is 0.813. The highest BCUT2D eigenvalue weighted by Crippen LogP contribution is 2.29. The molecule has 0 saturated carbocycles. The Morgan fingerprint density at radius 1 is 1.20 bits per heavy atom. The van der Waals surface area contributed by atoms with Crippen LogP contribution in [0.2, 0.25) is 0 Å². The molecule has 1 atom stereocenters. The molecule has 4 heteroatoms. The Balaban J connectivity index is 2.18. The smallest absolute Gasteiger partial charge is 0.145 e. The summed E-state index contributed by atoms with van der Waals surface area (Å²) in [6.45, 7) is 4.44. The predicted octanol–water partition coefficient (Wildman–Crippen LogP) is 5.16. The molecule has 0 spiro atoms. The number of anilines is 1. The van der Waals surface area contributed by atoms with Crippen molar-refractivity contribution in [2.45, 2.75) is 19.9 Å². The third kappa shape index (κ3) is 3.73. The number of hydrogen-bond donors (Lipinski definition) is 1. The van der Waals surface area contributed by atoms with E-state index in [-0.39, 0.29) is 11.9 Å². The van der Waals surface area contributed by atoms with E-state index >= 15 is 0 Å². The monoisotopic (exact) mass is 337 g/mol. The van der Waals surface area contributed by atoms with Crippen LogP contribution in [0, 0.1) is 5.82 Å². The lowest BCUT2D eigenvalue weighted by atomic mass is 10.1. The van der Waals surface area contributed by atoms with Gasteiger partial charge in [-0.2, -0.15) is 0 Å². The van der Waals surface area contributed by atoms with Crippen LogP contribution in [-0.2, 0) is 0 Å². The summed E-state index contributed by atoms with van der Waals surface area (Å²) in [7, 11) is 0. The third-order valence-electron chi connectivity index (χ3n) is 2.99. The first-order valence-electron chi connectivity index (χ1n) is 6.54. The van der Waals surface area contributed by atoms with E-state index < -0.39 is 0 Å². The van der Waals surface area contributed by atoms with Gasteiger partial charge < -0.3 is 10.1 Å². The Morgan fingerprint density at radius 3 is 2.55 bits per heavy atom. The molecule has 0 bridgehead atoms. The summed E-state index contributed by atoms with van der Waals surface area (Å²) in [6, 6.07) is 12.7. The van der Waals surface area contributed by atoms with Gasteiger partial charge in [-0.15, -0.1) is 0 Å². The van der Waals surface area contributed by atoms with Gasteiger partial charge in [0.25, 0.3) is 0 Å². The first-order chi connectivity index (χ1) is 9.60. The van der Waals surface area contributed by atoms with Crippen molar-refractivity contribution < 1.29 is 9.13 Å². The summed E-state index contributed by atoms with van der Waals surface area (Å²) in [5.74, 6) is 0.242. The SMILES string of the molecule is CCOc1cc(F)ccc1NC(C)c1ccc(Br)cc1. The molecule has 0 aromatic heterocycles. The van der Waals surface area contributed by atoms with Crippen molar-refractivity contribution in [1.82, 2.24) is 0 Å². The first-order valence-corrected chi connectivity index (χ1v) is 7.33. The van der Waals surface area contributed by atoms with Gasteiger partial charge in [0.2, 0.25) is 0 Å². The Kier molecular flexibility index (Phi) is 5.01. The molecular weight excluding hydrogens is 321 g/mol. The standard InChI is InChI=1S/C16H17BrFNO/c1-3-20-16-10-14(18)8-9-15(16)19-11(2)12-4-6-13(17)7-5-12/h4-11,19H,3H2,1-2H3. The van der Waals surface area contributed by atoms with E-state index in [4.69, 9.17) is 4.74 Å². The van der Waals surface area contributed by atoms with E-state index in [9.17, 15) is 4.39 Å². The molecule has 106 valence electrons. The van der Waals surface area contributed by atoms with Crippen LogP contribution in [0.5, 0.6) is 5.75 Å². The molecule has 20 heavy (non-hydrogen) atoms. The molecule has 2 aromatic rings. The van der Waals surface area contributed by atoms with Crippen LogP contribution in [0.25, 0.3) is 0 Å². The zero-order valence-corrected chi connectivity index (χ0v) is 13.1. The van der Waals surface area contributed by atoms with Crippen molar-refractivity contribution in [2.24, 2.45) is 0 Å². The van der Waals surface area contributed by atoms with Gasteiger partial charge in [0.1, 0.15) is 11.6 Å². The molecule has 0 fully saturated rings. The minimum Gasteiger partial charge on any atom is -0.492 e. The largest absolute Gasteiger partial charge is 0.492 e. The fourth-order valence-electron chi connectivity index (χ4n) is 1.96. The first kappa shape index (κ1) is 14.9. The number of hydrogen-bond acceptors (Lipinski definition) is 2. The van der Waals surface area contributed by atoms with E-state index in [0.29, 0.717) is 12.4 Å². The number of rotatable bonds is 5. The molecule has 1 N–H and O–H groups in total. The minimum absolute atomic E-state index is 0.104. The Morgan fingerprint density at radius 2 is 1.90 bits per heavy atom. The molecule has 0 heterocycles. The molecule has 0 aliphatic rings. The van der Waals surface area contributed by atoms with Crippen molar-refractivity contribution in [3.05, 3.63) is 58.3 Å². The van der Waals surface area contributed by atoms with E-state index in [1.54, 1.807) is 6.07 Å². The number of benzene rings is 2. The van der Waals surface area contributed by atoms with Crippen LogP contribution in [0.15, 0.2) is 46.9 Å². The van der Waals surface area contributed by atoms with Gasteiger partial charge in [0.05, 0.1) is 12.3 Å². The van der Waals surface area contributed by atoms with E-state index in [1.807, 2.05) is 31.2 Å². The van der Waals surface area contributed by atoms with Gasteiger partial charge in [-0.25, -0.2) is 4.39 Å². The molecule has 0 amide bonds. The second-order valence-electron chi connectivity index (χ2n) is 4.49. The maximum absolute atomic E-state index is 13.3. The summed E-state index contributed by atoms with van der Waals surface area (Å²) < 4.78 is 19.8. The second-order valence-corrected chi connectivity index (χ2v) is 5.41. The Hall–Kier alpha value is -1.55. The van der Waals surface area contributed by atoms with Gasteiger partial charge in [-0.3, -0.25) is 0 Å². The molecule has 2 rings (SSSR count). The maximum atomic E-state index is 13.3.